The fraction of sp³-hybridized carbons (Fsp3) is 0.714. The standard InChI is InChI=1S/C14H21NO4/c1-13(2,3)10-9(11(16)17-5)19-12(15-10)14(4)7-6-8-18-14/h6-8H2,1-5H3. The molecular formula is C14H21NO4. The second kappa shape index (κ2) is 4.63. The van der Waals surface area contributed by atoms with Crippen molar-refractivity contribution in [3.63, 3.8) is 0 Å². The third-order valence-corrected chi connectivity index (χ3v) is 3.38. The predicted molar refractivity (Wildman–Crippen MR) is 69.1 cm³/mol. The van der Waals surface area contributed by atoms with Gasteiger partial charge in [-0.2, -0.15) is 0 Å². The molecule has 1 atom stereocenters. The molecule has 1 aliphatic rings. The van der Waals surface area contributed by atoms with Gasteiger partial charge in [-0.05, 0) is 19.8 Å². The Hall–Kier alpha value is -1.36. The predicted octanol–water partition coefficient (Wildman–Crippen LogP) is 2.78. The van der Waals surface area contributed by atoms with Crippen LogP contribution in [0.1, 0.15) is 62.7 Å². The van der Waals surface area contributed by atoms with E-state index in [4.69, 9.17) is 13.9 Å². The minimum atomic E-state index is -0.535. The van der Waals surface area contributed by atoms with Crippen LogP contribution in [0.4, 0.5) is 0 Å². The van der Waals surface area contributed by atoms with Crippen LogP contribution in [0.15, 0.2) is 4.42 Å². The molecular weight excluding hydrogens is 246 g/mol. The zero-order valence-electron chi connectivity index (χ0n) is 12.2. The zero-order chi connectivity index (χ0) is 14.3. The average Bonchev–Trinajstić information content (AvgIpc) is 2.94. The average molecular weight is 267 g/mol. The smallest absolute Gasteiger partial charge is 0.376 e. The molecule has 5 heteroatoms. The summed E-state index contributed by atoms with van der Waals surface area (Å²) in [6, 6.07) is 0. The van der Waals surface area contributed by atoms with E-state index in [1.54, 1.807) is 0 Å². The second-order valence-electron chi connectivity index (χ2n) is 6.12. The number of carbonyl (C=O) groups is 1. The minimum Gasteiger partial charge on any atom is -0.463 e. The van der Waals surface area contributed by atoms with E-state index in [0.717, 1.165) is 12.8 Å². The van der Waals surface area contributed by atoms with Gasteiger partial charge >= 0.3 is 5.97 Å². The Bertz CT molecular complexity index is 478. The van der Waals surface area contributed by atoms with Crippen molar-refractivity contribution in [1.82, 2.24) is 4.98 Å². The maximum Gasteiger partial charge on any atom is 0.376 e. The van der Waals surface area contributed by atoms with Crippen molar-refractivity contribution in [1.29, 1.82) is 0 Å². The molecule has 0 spiro atoms. The summed E-state index contributed by atoms with van der Waals surface area (Å²) in [6.07, 6.45) is 1.81. The number of nitrogens with zero attached hydrogens (tertiary/aromatic N) is 1. The first-order valence-electron chi connectivity index (χ1n) is 6.52. The van der Waals surface area contributed by atoms with Crippen LogP contribution in [0.3, 0.4) is 0 Å². The minimum absolute atomic E-state index is 0.182. The van der Waals surface area contributed by atoms with E-state index >= 15 is 0 Å². The summed E-state index contributed by atoms with van der Waals surface area (Å²) in [5, 5.41) is 0. The second-order valence-corrected chi connectivity index (χ2v) is 6.12. The Morgan fingerprint density at radius 3 is 2.58 bits per heavy atom. The van der Waals surface area contributed by atoms with Crippen LogP contribution in [-0.4, -0.2) is 24.7 Å². The lowest BCUT2D eigenvalue weighted by Gasteiger charge is -2.18. The zero-order valence-corrected chi connectivity index (χ0v) is 12.2. The van der Waals surface area contributed by atoms with E-state index in [0.29, 0.717) is 18.2 Å². The molecule has 5 nitrogen and oxygen atoms in total. The number of oxazole rings is 1. The van der Waals surface area contributed by atoms with Gasteiger partial charge in [0.25, 0.3) is 0 Å². The van der Waals surface area contributed by atoms with E-state index in [1.807, 2.05) is 27.7 Å². The molecule has 0 amide bonds. The number of hydrogen-bond donors (Lipinski definition) is 0. The molecule has 0 radical (unpaired) electrons. The molecule has 2 rings (SSSR count). The SMILES string of the molecule is COC(=O)c1oc(C2(C)CCCO2)nc1C(C)(C)C. The molecule has 19 heavy (non-hydrogen) atoms. The van der Waals surface area contributed by atoms with Crippen LogP contribution in [0.5, 0.6) is 0 Å². The maximum atomic E-state index is 11.8. The summed E-state index contributed by atoms with van der Waals surface area (Å²) in [4.78, 5) is 16.3. The molecule has 1 saturated heterocycles. The van der Waals surface area contributed by atoms with Crippen molar-refractivity contribution < 1.29 is 18.7 Å². The van der Waals surface area contributed by atoms with Gasteiger partial charge in [0.1, 0.15) is 5.60 Å². The molecule has 0 aromatic carbocycles. The number of rotatable bonds is 2. The van der Waals surface area contributed by atoms with Gasteiger partial charge in [-0.3, -0.25) is 0 Å². The van der Waals surface area contributed by atoms with Crippen molar-refractivity contribution in [2.75, 3.05) is 13.7 Å². The fourth-order valence-corrected chi connectivity index (χ4v) is 2.23. The third kappa shape index (κ3) is 2.52. The van der Waals surface area contributed by atoms with Gasteiger partial charge in [0.2, 0.25) is 11.7 Å². The molecule has 1 unspecified atom stereocenters. The molecule has 2 heterocycles. The van der Waals surface area contributed by atoms with E-state index in [1.165, 1.54) is 7.11 Å². The molecule has 1 fully saturated rings. The Labute approximate surface area is 113 Å². The van der Waals surface area contributed by atoms with Gasteiger partial charge in [-0.1, -0.05) is 20.8 Å². The van der Waals surface area contributed by atoms with Gasteiger partial charge in [-0.25, -0.2) is 9.78 Å². The van der Waals surface area contributed by atoms with E-state index in [9.17, 15) is 4.79 Å². The lowest BCUT2D eigenvalue weighted by molar-refractivity contribution is -0.00651. The van der Waals surface area contributed by atoms with Crippen molar-refractivity contribution in [2.45, 2.75) is 51.6 Å². The summed E-state index contributed by atoms with van der Waals surface area (Å²) in [6.45, 7) is 8.59. The number of methoxy groups -OCH3 is 1. The molecule has 1 aromatic rings. The summed E-state index contributed by atoms with van der Waals surface area (Å²) in [5.74, 6) is 0.155. The summed E-state index contributed by atoms with van der Waals surface area (Å²) < 4.78 is 16.2. The third-order valence-electron chi connectivity index (χ3n) is 3.38. The van der Waals surface area contributed by atoms with Gasteiger partial charge < -0.3 is 13.9 Å². The largest absolute Gasteiger partial charge is 0.463 e. The highest BCUT2D eigenvalue weighted by atomic mass is 16.5. The Morgan fingerprint density at radius 2 is 2.11 bits per heavy atom. The molecule has 0 saturated carbocycles. The van der Waals surface area contributed by atoms with Crippen LogP contribution < -0.4 is 0 Å². The van der Waals surface area contributed by atoms with Crippen LogP contribution >= 0.6 is 0 Å². The lowest BCUT2D eigenvalue weighted by Crippen LogP contribution is -2.21. The lowest BCUT2D eigenvalue weighted by atomic mass is 9.91. The van der Waals surface area contributed by atoms with Crippen LogP contribution in [-0.2, 0) is 20.5 Å². The number of carbonyl (C=O) groups excluding carboxylic acids is 1. The highest BCUT2D eigenvalue weighted by Crippen LogP contribution is 2.38. The number of hydrogen-bond acceptors (Lipinski definition) is 5. The summed E-state index contributed by atoms with van der Waals surface area (Å²) in [5.41, 5.74) is -0.210. The summed E-state index contributed by atoms with van der Waals surface area (Å²) in [7, 11) is 1.34. The molecule has 0 aliphatic carbocycles. The highest BCUT2D eigenvalue weighted by molar-refractivity contribution is 5.87. The summed E-state index contributed by atoms with van der Waals surface area (Å²) >= 11 is 0. The van der Waals surface area contributed by atoms with Crippen LogP contribution in [0.25, 0.3) is 0 Å². The first kappa shape index (κ1) is 14.1. The Kier molecular flexibility index (Phi) is 3.43. The molecule has 1 aromatic heterocycles. The number of aromatic nitrogens is 1. The van der Waals surface area contributed by atoms with E-state index in [-0.39, 0.29) is 11.2 Å². The van der Waals surface area contributed by atoms with Crippen molar-refractivity contribution in [3.8, 4) is 0 Å². The molecule has 1 aliphatic heterocycles. The first-order valence-corrected chi connectivity index (χ1v) is 6.52. The molecule has 0 N–H and O–H groups in total. The Morgan fingerprint density at radius 1 is 1.42 bits per heavy atom. The quantitative estimate of drug-likeness (QED) is 0.771. The van der Waals surface area contributed by atoms with Gasteiger partial charge in [0.05, 0.1) is 12.8 Å². The van der Waals surface area contributed by atoms with Crippen molar-refractivity contribution in [3.05, 3.63) is 17.3 Å². The normalized spacial score (nSPS) is 23.6. The fourth-order valence-electron chi connectivity index (χ4n) is 2.23. The van der Waals surface area contributed by atoms with E-state index in [2.05, 4.69) is 4.98 Å². The van der Waals surface area contributed by atoms with Gasteiger partial charge in [-0.15, -0.1) is 0 Å². The van der Waals surface area contributed by atoms with Crippen molar-refractivity contribution >= 4 is 5.97 Å². The topological polar surface area (TPSA) is 61.6 Å². The molecule has 106 valence electrons. The highest BCUT2D eigenvalue weighted by Gasteiger charge is 2.40. The van der Waals surface area contributed by atoms with Gasteiger partial charge in [0.15, 0.2) is 0 Å². The van der Waals surface area contributed by atoms with Crippen LogP contribution in [0, 0.1) is 0 Å². The first-order chi connectivity index (χ1) is 8.78. The van der Waals surface area contributed by atoms with Crippen LogP contribution in [0.2, 0.25) is 0 Å². The maximum absolute atomic E-state index is 11.8. The number of esters is 1. The molecule has 0 bridgehead atoms. The van der Waals surface area contributed by atoms with Crippen molar-refractivity contribution in [2.24, 2.45) is 0 Å². The Balaban J connectivity index is 2.48. The van der Waals surface area contributed by atoms with Gasteiger partial charge in [0, 0.05) is 12.0 Å². The van der Waals surface area contributed by atoms with E-state index < -0.39 is 11.6 Å². The monoisotopic (exact) mass is 267 g/mol. The number of ether oxygens (including phenoxy) is 2.